The van der Waals surface area contributed by atoms with Crippen LogP contribution in [0.15, 0.2) is 0 Å². The Bertz CT molecular complexity index is 260. The fourth-order valence-corrected chi connectivity index (χ4v) is 3.40. The van der Waals surface area contributed by atoms with Gasteiger partial charge in [-0.1, -0.05) is 26.2 Å². The summed E-state index contributed by atoms with van der Waals surface area (Å²) in [4.78, 5) is 0. The third-order valence-corrected chi connectivity index (χ3v) is 4.88. The molecule has 0 spiro atoms. The molecule has 1 aliphatic carbocycles. The standard InChI is InChI=1S/C15H26O3/c1-2-11-8-17-14(11)15-12(10-18-15)9-16-13-6-4-3-5-7-13/h11-15H,2-10H2,1H3. The van der Waals surface area contributed by atoms with Gasteiger partial charge in [0.05, 0.1) is 38.1 Å². The quantitative estimate of drug-likeness (QED) is 0.755. The van der Waals surface area contributed by atoms with Crippen LogP contribution < -0.4 is 0 Å². The van der Waals surface area contributed by atoms with Gasteiger partial charge in [-0.2, -0.15) is 0 Å². The van der Waals surface area contributed by atoms with E-state index in [4.69, 9.17) is 14.2 Å². The van der Waals surface area contributed by atoms with Gasteiger partial charge >= 0.3 is 0 Å². The van der Waals surface area contributed by atoms with Gasteiger partial charge in [-0.3, -0.25) is 0 Å². The molecule has 3 heteroatoms. The van der Waals surface area contributed by atoms with Crippen molar-refractivity contribution in [3.05, 3.63) is 0 Å². The van der Waals surface area contributed by atoms with Crippen LogP contribution in [0.5, 0.6) is 0 Å². The van der Waals surface area contributed by atoms with Crippen LogP contribution in [0.1, 0.15) is 45.4 Å². The molecule has 0 aromatic heterocycles. The molecule has 0 bridgehead atoms. The lowest BCUT2D eigenvalue weighted by molar-refractivity contribution is -0.256. The molecule has 2 saturated heterocycles. The molecule has 3 aliphatic rings. The van der Waals surface area contributed by atoms with Crippen LogP contribution in [-0.4, -0.2) is 38.1 Å². The number of hydrogen-bond donors (Lipinski definition) is 0. The highest BCUT2D eigenvalue weighted by molar-refractivity contribution is 4.93. The predicted octanol–water partition coefficient (Wildman–Crippen LogP) is 2.78. The van der Waals surface area contributed by atoms with Gasteiger partial charge in [-0.25, -0.2) is 0 Å². The van der Waals surface area contributed by atoms with Crippen LogP contribution in [0.2, 0.25) is 0 Å². The van der Waals surface area contributed by atoms with Crippen molar-refractivity contribution in [3.63, 3.8) is 0 Å². The molecule has 0 radical (unpaired) electrons. The van der Waals surface area contributed by atoms with Gasteiger partial charge in [0.2, 0.25) is 0 Å². The fraction of sp³-hybridized carbons (Fsp3) is 1.00. The molecule has 4 atom stereocenters. The molecule has 0 amide bonds. The van der Waals surface area contributed by atoms with Crippen molar-refractivity contribution in [1.29, 1.82) is 0 Å². The van der Waals surface area contributed by atoms with Gasteiger partial charge in [-0.15, -0.1) is 0 Å². The molecule has 4 unspecified atom stereocenters. The fourth-order valence-electron chi connectivity index (χ4n) is 3.40. The molecular formula is C15H26O3. The van der Waals surface area contributed by atoms with Crippen LogP contribution in [0.3, 0.4) is 0 Å². The lowest BCUT2D eigenvalue weighted by Crippen LogP contribution is -2.58. The molecule has 0 aromatic carbocycles. The van der Waals surface area contributed by atoms with Crippen LogP contribution in [-0.2, 0) is 14.2 Å². The van der Waals surface area contributed by atoms with Crippen molar-refractivity contribution in [3.8, 4) is 0 Å². The Morgan fingerprint density at radius 2 is 1.61 bits per heavy atom. The molecule has 18 heavy (non-hydrogen) atoms. The highest BCUT2D eigenvalue weighted by Gasteiger charge is 2.46. The van der Waals surface area contributed by atoms with Crippen LogP contribution in [0.4, 0.5) is 0 Å². The summed E-state index contributed by atoms with van der Waals surface area (Å²) in [7, 11) is 0. The normalized spacial score (nSPS) is 41.2. The van der Waals surface area contributed by atoms with Crippen LogP contribution >= 0.6 is 0 Å². The van der Waals surface area contributed by atoms with Gasteiger partial charge in [0.25, 0.3) is 0 Å². The zero-order valence-electron chi connectivity index (χ0n) is 11.5. The van der Waals surface area contributed by atoms with Crippen molar-refractivity contribution in [2.24, 2.45) is 11.8 Å². The zero-order valence-corrected chi connectivity index (χ0v) is 11.5. The van der Waals surface area contributed by atoms with Crippen LogP contribution in [0, 0.1) is 11.8 Å². The minimum Gasteiger partial charge on any atom is -0.378 e. The Morgan fingerprint density at radius 1 is 0.944 bits per heavy atom. The molecule has 0 N–H and O–H groups in total. The minimum atomic E-state index is 0.312. The van der Waals surface area contributed by atoms with E-state index in [1.165, 1.54) is 38.5 Å². The van der Waals surface area contributed by atoms with Crippen molar-refractivity contribution in [2.75, 3.05) is 19.8 Å². The summed E-state index contributed by atoms with van der Waals surface area (Å²) in [5.74, 6) is 1.29. The largest absolute Gasteiger partial charge is 0.378 e. The Hall–Kier alpha value is -0.120. The number of rotatable bonds is 5. The second kappa shape index (κ2) is 5.89. The summed E-state index contributed by atoms with van der Waals surface area (Å²) in [5.41, 5.74) is 0. The second-order valence-electron chi connectivity index (χ2n) is 6.12. The number of hydrogen-bond acceptors (Lipinski definition) is 3. The molecule has 104 valence electrons. The Labute approximate surface area is 110 Å². The van der Waals surface area contributed by atoms with E-state index in [1.807, 2.05) is 0 Å². The first-order chi connectivity index (χ1) is 8.88. The zero-order chi connectivity index (χ0) is 12.4. The summed E-state index contributed by atoms with van der Waals surface area (Å²) >= 11 is 0. The Kier molecular flexibility index (Phi) is 4.22. The van der Waals surface area contributed by atoms with Gasteiger partial charge in [0, 0.05) is 11.8 Å². The van der Waals surface area contributed by atoms with Crippen molar-refractivity contribution in [1.82, 2.24) is 0 Å². The van der Waals surface area contributed by atoms with Crippen LogP contribution in [0.25, 0.3) is 0 Å². The van der Waals surface area contributed by atoms with E-state index in [9.17, 15) is 0 Å². The van der Waals surface area contributed by atoms with Crippen molar-refractivity contribution < 1.29 is 14.2 Å². The van der Waals surface area contributed by atoms with Gasteiger partial charge < -0.3 is 14.2 Å². The summed E-state index contributed by atoms with van der Waals surface area (Å²) in [6.45, 7) is 4.92. The summed E-state index contributed by atoms with van der Waals surface area (Å²) < 4.78 is 17.5. The molecule has 2 heterocycles. The topological polar surface area (TPSA) is 27.7 Å². The SMILES string of the molecule is CCC1COC1C1OCC1COC1CCCCC1. The van der Waals surface area contributed by atoms with Crippen molar-refractivity contribution in [2.45, 2.75) is 63.8 Å². The molecule has 1 saturated carbocycles. The summed E-state index contributed by atoms with van der Waals surface area (Å²) in [6.07, 6.45) is 8.99. The molecule has 3 rings (SSSR count). The van der Waals surface area contributed by atoms with E-state index in [1.54, 1.807) is 0 Å². The van der Waals surface area contributed by atoms with Crippen molar-refractivity contribution >= 4 is 0 Å². The second-order valence-corrected chi connectivity index (χ2v) is 6.12. The average Bonchev–Trinajstić information content (AvgIpc) is 2.35. The lowest BCUT2D eigenvalue weighted by atomic mass is 9.82. The highest BCUT2D eigenvalue weighted by Crippen LogP contribution is 2.36. The Balaban J connectivity index is 1.40. The molecule has 0 aromatic rings. The minimum absolute atomic E-state index is 0.312. The Morgan fingerprint density at radius 3 is 2.17 bits per heavy atom. The maximum Gasteiger partial charge on any atom is 0.0912 e. The average molecular weight is 254 g/mol. The first-order valence-corrected chi connectivity index (χ1v) is 7.73. The summed E-state index contributed by atoms with van der Waals surface area (Å²) in [5, 5.41) is 0. The maximum absolute atomic E-state index is 6.07. The van der Waals surface area contributed by atoms with E-state index in [2.05, 4.69) is 6.92 Å². The van der Waals surface area contributed by atoms with E-state index < -0.39 is 0 Å². The lowest BCUT2D eigenvalue weighted by Gasteiger charge is -2.49. The highest BCUT2D eigenvalue weighted by atomic mass is 16.6. The number of ether oxygens (including phenoxy) is 3. The van der Waals surface area contributed by atoms with E-state index in [0.29, 0.717) is 30.1 Å². The predicted molar refractivity (Wildman–Crippen MR) is 69.6 cm³/mol. The van der Waals surface area contributed by atoms with E-state index in [-0.39, 0.29) is 0 Å². The van der Waals surface area contributed by atoms with Gasteiger partial charge in [-0.05, 0) is 19.3 Å². The summed E-state index contributed by atoms with van der Waals surface area (Å²) in [6, 6.07) is 0. The van der Waals surface area contributed by atoms with E-state index >= 15 is 0 Å². The third-order valence-electron chi connectivity index (χ3n) is 4.88. The molecule has 3 nitrogen and oxygen atoms in total. The van der Waals surface area contributed by atoms with E-state index in [0.717, 1.165) is 19.8 Å². The first kappa shape index (κ1) is 12.9. The third kappa shape index (κ3) is 2.59. The monoisotopic (exact) mass is 254 g/mol. The smallest absolute Gasteiger partial charge is 0.0912 e. The molecule has 2 aliphatic heterocycles. The molecular weight excluding hydrogens is 228 g/mol. The molecule has 3 fully saturated rings. The first-order valence-electron chi connectivity index (χ1n) is 7.73. The maximum atomic E-state index is 6.07. The van der Waals surface area contributed by atoms with Gasteiger partial charge in [0.1, 0.15) is 0 Å². The van der Waals surface area contributed by atoms with Gasteiger partial charge in [0.15, 0.2) is 0 Å².